The standard InChI is InChI=1S/C14H21N5/c1-3-5-8-18-9-11-19(12-10-18)13-6-7-16-14(17-13)15-4-2/h6-7H,4,8-12H2,1-2H3,(H,15,16,17). The number of piperazine rings is 1. The Morgan fingerprint density at radius 1 is 1.32 bits per heavy atom. The van der Waals surface area contributed by atoms with Crippen molar-refractivity contribution in [2.45, 2.75) is 13.8 Å². The van der Waals surface area contributed by atoms with Crippen molar-refractivity contribution < 1.29 is 0 Å². The zero-order valence-electron chi connectivity index (χ0n) is 11.7. The number of hydrogen-bond donors (Lipinski definition) is 1. The molecule has 5 nitrogen and oxygen atoms in total. The maximum Gasteiger partial charge on any atom is 0.224 e. The highest BCUT2D eigenvalue weighted by atomic mass is 15.3. The molecule has 0 radical (unpaired) electrons. The number of rotatable bonds is 4. The van der Waals surface area contributed by atoms with Crippen LogP contribution >= 0.6 is 0 Å². The average molecular weight is 259 g/mol. The van der Waals surface area contributed by atoms with Crippen LogP contribution in [-0.4, -0.2) is 54.1 Å². The van der Waals surface area contributed by atoms with Gasteiger partial charge in [0.25, 0.3) is 0 Å². The van der Waals surface area contributed by atoms with Gasteiger partial charge in [0.2, 0.25) is 5.95 Å². The van der Waals surface area contributed by atoms with E-state index in [9.17, 15) is 0 Å². The molecule has 0 saturated carbocycles. The first-order valence-corrected chi connectivity index (χ1v) is 6.77. The van der Waals surface area contributed by atoms with E-state index in [1.807, 2.05) is 26.1 Å². The van der Waals surface area contributed by atoms with Gasteiger partial charge in [-0.3, -0.25) is 4.90 Å². The third-order valence-corrected chi connectivity index (χ3v) is 3.15. The van der Waals surface area contributed by atoms with Gasteiger partial charge in [-0.05, 0) is 19.9 Å². The van der Waals surface area contributed by atoms with Gasteiger partial charge in [0.1, 0.15) is 5.82 Å². The molecule has 1 N–H and O–H groups in total. The van der Waals surface area contributed by atoms with Gasteiger partial charge in [-0.1, -0.05) is 5.92 Å². The molecule has 1 aliphatic heterocycles. The normalized spacial score (nSPS) is 15.8. The Balaban J connectivity index is 1.93. The summed E-state index contributed by atoms with van der Waals surface area (Å²) in [5.41, 5.74) is 0. The van der Waals surface area contributed by atoms with Crippen molar-refractivity contribution in [3.8, 4) is 11.8 Å². The van der Waals surface area contributed by atoms with E-state index in [2.05, 4.69) is 36.9 Å². The molecule has 102 valence electrons. The summed E-state index contributed by atoms with van der Waals surface area (Å²) >= 11 is 0. The molecule has 1 fully saturated rings. The monoisotopic (exact) mass is 259 g/mol. The second-order valence-electron chi connectivity index (χ2n) is 4.46. The Morgan fingerprint density at radius 2 is 2.11 bits per heavy atom. The van der Waals surface area contributed by atoms with Crippen molar-refractivity contribution >= 4 is 11.8 Å². The average Bonchev–Trinajstić information content (AvgIpc) is 2.46. The second-order valence-corrected chi connectivity index (χ2v) is 4.46. The molecule has 0 unspecified atom stereocenters. The summed E-state index contributed by atoms with van der Waals surface area (Å²) in [5.74, 6) is 7.78. The van der Waals surface area contributed by atoms with E-state index in [0.29, 0.717) is 5.95 Å². The highest BCUT2D eigenvalue weighted by Crippen LogP contribution is 2.14. The summed E-state index contributed by atoms with van der Waals surface area (Å²) in [6.07, 6.45) is 1.81. The molecule has 5 heteroatoms. The van der Waals surface area contributed by atoms with Gasteiger partial charge >= 0.3 is 0 Å². The summed E-state index contributed by atoms with van der Waals surface area (Å²) in [6, 6.07) is 1.97. The first kappa shape index (κ1) is 13.6. The first-order valence-electron chi connectivity index (χ1n) is 6.77. The summed E-state index contributed by atoms with van der Waals surface area (Å²) in [5, 5.41) is 3.15. The molecule has 0 aliphatic carbocycles. The van der Waals surface area contributed by atoms with Gasteiger partial charge in [0.15, 0.2) is 0 Å². The molecular formula is C14H21N5. The molecule has 0 bridgehead atoms. The lowest BCUT2D eigenvalue weighted by atomic mass is 10.3. The fourth-order valence-corrected chi connectivity index (χ4v) is 2.09. The Labute approximate surface area is 115 Å². The molecule has 2 heterocycles. The fraction of sp³-hybridized carbons (Fsp3) is 0.571. The van der Waals surface area contributed by atoms with Crippen molar-refractivity contribution in [3.63, 3.8) is 0 Å². The third kappa shape index (κ3) is 3.83. The fourth-order valence-electron chi connectivity index (χ4n) is 2.09. The van der Waals surface area contributed by atoms with E-state index in [0.717, 1.165) is 45.1 Å². The Hall–Kier alpha value is -1.80. The highest BCUT2D eigenvalue weighted by molar-refractivity contribution is 5.42. The van der Waals surface area contributed by atoms with Crippen molar-refractivity contribution in [2.75, 3.05) is 49.5 Å². The van der Waals surface area contributed by atoms with Crippen molar-refractivity contribution in [1.82, 2.24) is 14.9 Å². The van der Waals surface area contributed by atoms with Crippen LogP contribution in [0, 0.1) is 11.8 Å². The Bertz CT molecular complexity index is 454. The van der Waals surface area contributed by atoms with E-state index in [1.54, 1.807) is 0 Å². The van der Waals surface area contributed by atoms with Crippen molar-refractivity contribution in [2.24, 2.45) is 0 Å². The Kier molecular flexibility index (Phi) is 4.99. The van der Waals surface area contributed by atoms with Crippen LogP contribution in [-0.2, 0) is 0 Å². The van der Waals surface area contributed by atoms with Crippen LogP contribution in [0.3, 0.4) is 0 Å². The highest BCUT2D eigenvalue weighted by Gasteiger charge is 2.17. The van der Waals surface area contributed by atoms with Crippen LogP contribution in [0.15, 0.2) is 12.3 Å². The third-order valence-electron chi connectivity index (χ3n) is 3.15. The zero-order valence-corrected chi connectivity index (χ0v) is 11.7. The maximum atomic E-state index is 4.53. The SMILES string of the molecule is CC#CCN1CCN(c2ccnc(NCC)n2)CC1. The smallest absolute Gasteiger partial charge is 0.224 e. The van der Waals surface area contributed by atoms with Gasteiger partial charge in [-0.2, -0.15) is 4.98 Å². The lowest BCUT2D eigenvalue weighted by molar-refractivity contribution is 0.287. The number of nitrogens with one attached hydrogen (secondary N) is 1. The molecule has 0 amide bonds. The van der Waals surface area contributed by atoms with Gasteiger partial charge < -0.3 is 10.2 Å². The predicted molar refractivity (Wildman–Crippen MR) is 78.3 cm³/mol. The maximum absolute atomic E-state index is 4.53. The van der Waals surface area contributed by atoms with E-state index in [4.69, 9.17) is 0 Å². The van der Waals surface area contributed by atoms with Gasteiger partial charge in [-0.15, -0.1) is 5.92 Å². The summed E-state index contributed by atoms with van der Waals surface area (Å²) in [6.45, 7) is 9.71. The molecule has 2 rings (SSSR count). The van der Waals surface area contributed by atoms with Crippen molar-refractivity contribution in [1.29, 1.82) is 0 Å². The molecule has 0 spiro atoms. The van der Waals surface area contributed by atoms with E-state index in [1.165, 1.54) is 0 Å². The topological polar surface area (TPSA) is 44.3 Å². The lowest BCUT2D eigenvalue weighted by Crippen LogP contribution is -2.46. The van der Waals surface area contributed by atoms with Crippen LogP contribution in [0.2, 0.25) is 0 Å². The molecule has 1 aromatic rings. The Morgan fingerprint density at radius 3 is 2.79 bits per heavy atom. The second kappa shape index (κ2) is 6.95. The first-order chi connectivity index (χ1) is 9.33. The van der Waals surface area contributed by atoms with Crippen molar-refractivity contribution in [3.05, 3.63) is 12.3 Å². The summed E-state index contributed by atoms with van der Waals surface area (Å²) < 4.78 is 0. The minimum absolute atomic E-state index is 0.708. The quantitative estimate of drug-likeness (QED) is 0.819. The molecule has 0 atom stereocenters. The summed E-state index contributed by atoms with van der Waals surface area (Å²) in [4.78, 5) is 13.4. The lowest BCUT2D eigenvalue weighted by Gasteiger charge is -2.34. The molecule has 1 saturated heterocycles. The van der Waals surface area contributed by atoms with Crippen LogP contribution < -0.4 is 10.2 Å². The number of aromatic nitrogens is 2. The molecule has 1 aromatic heterocycles. The number of hydrogen-bond acceptors (Lipinski definition) is 5. The molecule has 19 heavy (non-hydrogen) atoms. The molecule has 0 aromatic carbocycles. The van der Waals surface area contributed by atoms with Crippen LogP contribution in [0.4, 0.5) is 11.8 Å². The molecular weight excluding hydrogens is 238 g/mol. The summed E-state index contributed by atoms with van der Waals surface area (Å²) in [7, 11) is 0. The van der Waals surface area contributed by atoms with Crippen LogP contribution in [0.1, 0.15) is 13.8 Å². The minimum atomic E-state index is 0.708. The van der Waals surface area contributed by atoms with E-state index in [-0.39, 0.29) is 0 Å². The number of nitrogens with zero attached hydrogens (tertiary/aromatic N) is 4. The minimum Gasteiger partial charge on any atom is -0.354 e. The predicted octanol–water partition coefficient (Wildman–Crippen LogP) is 1.05. The van der Waals surface area contributed by atoms with Crippen LogP contribution in [0.25, 0.3) is 0 Å². The molecule has 1 aliphatic rings. The van der Waals surface area contributed by atoms with Crippen LogP contribution in [0.5, 0.6) is 0 Å². The van der Waals surface area contributed by atoms with E-state index < -0.39 is 0 Å². The van der Waals surface area contributed by atoms with Gasteiger partial charge in [-0.25, -0.2) is 4.98 Å². The number of anilines is 2. The zero-order chi connectivity index (χ0) is 13.5. The van der Waals surface area contributed by atoms with Gasteiger partial charge in [0.05, 0.1) is 6.54 Å². The van der Waals surface area contributed by atoms with E-state index >= 15 is 0 Å². The largest absolute Gasteiger partial charge is 0.354 e. The van der Waals surface area contributed by atoms with Gasteiger partial charge in [0, 0.05) is 38.9 Å².